The number of carbonyl (C=O) groups is 2. The Labute approximate surface area is 172 Å². The summed E-state index contributed by atoms with van der Waals surface area (Å²) in [5, 5.41) is 9.50. The maximum absolute atomic E-state index is 12.8. The highest BCUT2D eigenvalue weighted by atomic mass is 32.2. The number of ether oxygens (including phenoxy) is 2. The zero-order valence-corrected chi connectivity index (χ0v) is 17.7. The third-order valence-electron chi connectivity index (χ3n) is 3.80. The molecule has 1 fully saturated rings. The molecule has 0 aromatic heterocycles. The molecule has 6 nitrogen and oxygen atoms in total. The Morgan fingerprint density at radius 3 is 2.78 bits per heavy atom. The SMILES string of the molecule is CCOc1ccc(C=C2SC(=S)N(C(CCSC)C(=O)O)C2=O)cc1OC. The minimum Gasteiger partial charge on any atom is -0.493 e. The van der Waals surface area contributed by atoms with E-state index in [2.05, 4.69) is 0 Å². The van der Waals surface area contributed by atoms with E-state index in [1.165, 1.54) is 16.7 Å². The summed E-state index contributed by atoms with van der Waals surface area (Å²) in [7, 11) is 1.55. The van der Waals surface area contributed by atoms with Gasteiger partial charge in [-0.25, -0.2) is 4.79 Å². The normalized spacial score (nSPS) is 16.7. The summed E-state index contributed by atoms with van der Waals surface area (Å²) < 4.78 is 11.1. The number of benzene rings is 1. The second-order valence-corrected chi connectivity index (χ2v) is 8.19. The minimum atomic E-state index is -1.05. The van der Waals surface area contributed by atoms with Gasteiger partial charge in [-0.2, -0.15) is 11.8 Å². The molecular weight excluding hydrogens is 406 g/mol. The van der Waals surface area contributed by atoms with Crippen LogP contribution in [0.1, 0.15) is 18.9 Å². The summed E-state index contributed by atoms with van der Waals surface area (Å²) in [4.78, 5) is 26.0. The zero-order valence-electron chi connectivity index (χ0n) is 15.3. The summed E-state index contributed by atoms with van der Waals surface area (Å²) in [6.45, 7) is 2.40. The Morgan fingerprint density at radius 1 is 1.44 bits per heavy atom. The van der Waals surface area contributed by atoms with Gasteiger partial charge in [-0.3, -0.25) is 9.69 Å². The highest BCUT2D eigenvalue weighted by molar-refractivity contribution is 8.26. The molecule has 0 aliphatic carbocycles. The van der Waals surface area contributed by atoms with Crippen molar-refractivity contribution in [2.75, 3.05) is 25.7 Å². The first-order valence-corrected chi connectivity index (χ1v) is 10.8. The summed E-state index contributed by atoms with van der Waals surface area (Å²) >= 11 is 7.91. The largest absolute Gasteiger partial charge is 0.493 e. The Hall–Kier alpha value is -1.71. The Morgan fingerprint density at radius 2 is 2.19 bits per heavy atom. The van der Waals surface area contributed by atoms with Crippen molar-refractivity contribution in [1.29, 1.82) is 0 Å². The van der Waals surface area contributed by atoms with E-state index in [1.54, 1.807) is 25.3 Å². The predicted molar refractivity (Wildman–Crippen MR) is 114 cm³/mol. The van der Waals surface area contributed by atoms with Gasteiger partial charge in [0.15, 0.2) is 11.5 Å². The summed E-state index contributed by atoms with van der Waals surface area (Å²) in [5.41, 5.74) is 0.742. The van der Waals surface area contributed by atoms with Crippen molar-refractivity contribution in [1.82, 2.24) is 4.90 Å². The van der Waals surface area contributed by atoms with E-state index in [1.807, 2.05) is 19.2 Å². The zero-order chi connectivity index (χ0) is 20.0. The van der Waals surface area contributed by atoms with E-state index >= 15 is 0 Å². The van der Waals surface area contributed by atoms with Crippen LogP contribution in [-0.2, 0) is 9.59 Å². The fraction of sp³-hybridized carbons (Fsp3) is 0.389. The first-order valence-electron chi connectivity index (χ1n) is 8.22. The molecule has 1 saturated heterocycles. The number of carbonyl (C=O) groups excluding carboxylic acids is 1. The summed E-state index contributed by atoms with van der Waals surface area (Å²) in [6.07, 6.45) is 3.92. The molecule has 1 atom stereocenters. The van der Waals surface area contributed by atoms with E-state index in [0.717, 1.165) is 17.3 Å². The van der Waals surface area contributed by atoms with Gasteiger partial charge < -0.3 is 14.6 Å². The number of hydrogen-bond acceptors (Lipinski definition) is 7. The second kappa shape index (κ2) is 10.0. The van der Waals surface area contributed by atoms with Crippen molar-refractivity contribution in [3.63, 3.8) is 0 Å². The van der Waals surface area contributed by atoms with Crippen LogP contribution in [-0.4, -0.2) is 58.0 Å². The number of nitrogens with zero attached hydrogens (tertiary/aromatic N) is 1. The standard InChI is InChI=1S/C18H21NO5S3/c1-4-24-13-6-5-11(9-14(13)23-2)10-15-16(20)19(18(25)27-15)12(17(21)22)7-8-26-3/h5-6,9-10,12H,4,7-8H2,1-3H3,(H,21,22). The van der Waals surface area contributed by atoms with Crippen molar-refractivity contribution >= 4 is 58.0 Å². The van der Waals surface area contributed by atoms with Gasteiger partial charge in [-0.15, -0.1) is 0 Å². The molecule has 0 radical (unpaired) electrons. The highest BCUT2D eigenvalue weighted by Gasteiger charge is 2.40. The van der Waals surface area contributed by atoms with E-state index in [9.17, 15) is 14.7 Å². The number of thiocarbonyl (C=S) groups is 1. The molecular formula is C18H21NO5S3. The molecule has 2 rings (SSSR count). The van der Waals surface area contributed by atoms with Crippen LogP contribution in [0.25, 0.3) is 6.08 Å². The van der Waals surface area contributed by atoms with Crippen LogP contribution < -0.4 is 9.47 Å². The number of aliphatic carboxylic acids is 1. The monoisotopic (exact) mass is 427 g/mol. The van der Waals surface area contributed by atoms with Crippen molar-refractivity contribution in [2.24, 2.45) is 0 Å². The lowest BCUT2D eigenvalue weighted by Crippen LogP contribution is -2.44. The average Bonchev–Trinajstić information content (AvgIpc) is 2.91. The minimum absolute atomic E-state index is 0.262. The lowest BCUT2D eigenvalue weighted by atomic mass is 10.1. The van der Waals surface area contributed by atoms with Gasteiger partial charge in [0, 0.05) is 0 Å². The lowest BCUT2D eigenvalue weighted by Gasteiger charge is -2.22. The maximum atomic E-state index is 12.8. The molecule has 1 aromatic rings. The van der Waals surface area contributed by atoms with Crippen LogP contribution in [0, 0.1) is 0 Å². The lowest BCUT2D eigenvalue weighted by molar-refractivity contribution is -0.145. The number of amides is 1. The molecule has 27 heavy (non-hydrogen) atoms. The molecule has 1 aromatic carbocycles. The van der Waals surface area contributed by atoms with Gasteiger partial charge in [0.2, 0.25) is 0 Å². The number of hydrogen-bond donors (Lipinski definition) is 1. The number of rotatable bonds is 9. The molecule has 9 heteroatoms. The van der Waals surface area contributed by atoms with Crippen molar-refractivity contribution in [3.05, 3.63) is 28.7 Å². The van der Waals surface area contributed by atoms with Gasteiger partial charge in [0.05, 0.1) is 18.6 Å². The van der Waals surface area contributed by atoms with Crippen LogP contribution in [0.15, 0.2) is 23.1 Å². The third kappa shape index (κ3) is 5.18. The molecule has 1 N–H and O–H groups in total. The number of carboxylic acids is 1. The number of carboxylic acid groups (broad SMARTS) is 1. The van der Waals surface area contributed by atoms with Crippen LogP contribution in [0.5, 0.6) is 11.5 Å². The van der Waals surface area contributed by atoms with E-state index < -0.39 is 12.0 Å². The fourth-order valence-electron chi connectivity index (χ4n) is 2.54. The quantitative estimate of drug-likeness (QED) is 0.474. The first-order chi connectivity index (χ1) is 12.9. The molecule has 0 bridgehead atoms. The second-order valence-electron chi connectivity index (χ2n) is 5.53. The average molecular weight is 428 g/mol. The molecule has 1 heterocycles. The van der Waals surface area contributed by atoms with Gasteiger partial charge in [0.25, 0.3) is 5.91 Å². The van der Waals surface area contributed by atoms with E-state index in [4.69, 9.17) is 21.7 Å². The van der Waals surface area contributed by atoms with Crippen LogP contribution in [0.3, 0.4) is 0 Å². The van der Waals surface area contributed by atoms with E-state index in [0.29, 0.717) is 35.2 Å². The third-order valence-corrected chi connectivity index (χ3v) is 5.78. The smallest absolute Gasteiger partial charge is 0.326 e. The van der Waals surface area contributed by atoms with Crippen LogP contribution >= 0.6 is 35.7 Å². The maximum Gasteiger partial charge on any atom is 0.326 e. The van der Waals surface area contributed by atoms with Crippen molar-refractivity contribution < 1.29 is 24.2 Å². The Kier molecular flexibility index (Phi) is 8.00. The van der Waals surface area contributed by atoms with Crippen molar-refractivity contribution in [3.8, 4) is 11.5 Å². The highest BCUT2D eigenvalue weighted by Crippen LogP contribution is 2.36. The van der Waals surface area contributed by atoms with E-state index in [-0.39, 0.29) is 10.2 Å². The number of thioether (sulfide) groups is 2. The van der Waals surface area contributed by atoms with Crippen LogP contribution in [0.4, 0.5) is 0 Å². The molecule has 1 amide bonds. The van der Waals surface area contributed by atoms with Gasteiger partial charge >= 0.3 is 5.97 Å². The molecule has 0 spiro atoms. The van der Waals surface area contributed by atoms with Gasteiger partial charge in [-0.05, 0) is 49.1 Å². The molecule has 1 aliphatic rings. The van der Waals surface area contributed by atoms with Gasteiger partial charge in [-0.1, -0.05) is 30.0 Å². The molecule has 146 valence electrons. The Balaban J connectivity index is 2.28. The molecule has 0 saturated carbocycles. The van der Waals surface area contributed by atoms with Crippen LogP contribution in [0.2, 0.25) is 0 Å². The van der Waals surface area contributed by atoms with Crippen molar-refractivity contribution in [2.45, 2.75) is 19.4 Å². The fourth-order valence-corrected chi connectivity index (χ4v) is 4.36. The predicted octanol–water partition coefficient (Wildman–Crippen LogP) is 3.50. The molecule has 1 unspecified atom stereocenters. The summed E-state index contributed by atoms with van der Waals surface area (Å²) in [6, 6.07) is 4.39. The number of methoxy groups -OCH3 is 1. The topological polar surface area (TPSA) is 76.1 Å². The molecule has 1 aliphatic heterocycles. The van der Waals surface area contributed by atoms with Gasteiger partial charge in [0.1, 0.15) is 10.4 Å². The first kappa shape index (κ1) is 21.6. The summed E-state index contributed by atoms with van der Waals surface area (Å²) in [5.74, 6) is 0.372. The Bertz CT molecular complexity index is 765.